The fourth-order valence-corrected chi connectivity index (χ4v) is 2.38. The van der Waals surface area contributed by atoms with E-state index in [0.717, 1.165) is 10.7 Å². The van der Waals surface area contributed by atoms with Gasteiger partial charge in [0.2, 0.25) is 5.91 Å². The molecule has 5 nitrogen and oxygen atoms in total. The van der Waals surface area contributed by atoms with Crippen molar-refractivity contribution >= 4 is 23.4 Å². The zero-order chi connectivity index (χ0) is 13.7. The van der Waals surface area contributed by atoms with Crippen LogP contribution in [-0.4, -0.2) is 28.6 Å². The lowest BCUT2D eigenvalue weighted by atomic mass is 10.4. The number of pyridine rings is 1. The van der Waals surface area contributed by atoms with Crippen LogP contribution >= 0.6 is 11.8 Å². The molecule has 0 atom stereocenters. The van der Waals surface area contributed by atoms with E-state index in [0.29, 0.717) is 18.0 Å². The lowest BCUT2D eigenvalue weighted by molar-refractivity contribution is -0.127. The molecule has 19 heavy (non-hydrogen) atoms. The van der Waals surface area contributed by atoms with Gasteiger partial charge < -0.3 is 15.1 Å². The Hall–Kier alpha value is -1.95. The van der Waals surface area contributed by atoms with Gasteiger partial charge in [-0.15, -0.1) is 11.8 Å². The van der Waals surface area contributed by atoms with Gasteiger partial charge >= 0.3 is 0 Å². The van der Waals surface area contributed by atoms with Gasteiger partial charge in [-0.3, -0.25) is 9.78 Å². The Morgan fingerprint density at radius 2 is 2.37 bits per heavy atom. The van der Waals surface area contributed by atoms with Crippen LogP contribution in [-0.2, 0) is 11.3 Å². The van der Waals surface area contributed by atoms with E-state index < -0.39 is 0 Å². The molecule has 100 valence electrons. The van der Waals surface area contributed by atoms with Gasteiger partial charge in [0, 0.05) is 18.1 Å². The summed E-state index contributed by atoms with van der Waals surface area (Å²) in [6.45, 7) is 0.470. The smallest absolute Gasteiger partial charge is 0.233 e. The van der Waals surface area contributed by atoms with Crippen molar-refractivity contribution in [1.82, 2.24) is 9.88 Å². The third-order valence-electron chi connectivity index (χ3n) is 2.56. The Morgan fingerprint density at radius 3 is 3.05 bits per heavy atom. The molecule has 2 heterocycles. The van der Waals surface area contributed by atoms with Crippen LogP contribution in [0.5, 0.6) is 0 Å². The lowest BCUT2D eigenvalue weighted by Crippen LogP contribution is -2.27. The lowest BCUT2D eigenvalue weighted by Gasteiger charge is -2.15. The molecule has 0 unspecified atom stereocenters. The summed E-state index contributed by atoms with van der Waals surface area (Å²) in [5.41, 5.74) is 6.36. The topological polar surface area (TPSA) is 72.4 Å². The summed E-state index contributed by atoms with van der Waals surface area (Å²) < 4.78 is 5.21. The van der Waals surface area contributed by atoms with Crippen molar-refractivity contribution in [2.24, 2.45) is 0 Å². The van der Waals surface area contributed by atoms with Crippen LogP contribution in [0, 0.1) is 0 Å². The van der Waals surface area contributed by atoms with Crippen molar-refractivity contribution in [3.05, 3.63) is 42.6 Å². The van der Waals surface area contributed by atoms with Crippen molar-refractivity contribution in [2.75, 3.05) is 18.5 Å². The number of nitrogens with two attached hydrogens (primary N) is 1. The normalized spacial score (nSPS) is 10.4. The van der Waals surface area contributed by atoms with E-state index in [1.807, 2.05) is 6.07 Å². The third-order valence-corrected chi connectivity index (χ3v) is 3.63. The van der Waals surface area contributed by atoms with Gasteiger partial charge in [0.15, 0.2) is 0 Å². The maximum absolute atomic E-state index is 12.0. The van der Waals surface area contributed by atoms with Gasteiger partial charge in [-0.2, -0.15) is 0 Å². The molecule has 1 amide bonds. The molecule has 0 radical (unpaired) electrons. The van der Waals surface area contributed by atoms with Crippen LogP contribution in [0.15, 0.2) is 46.2 Å². The molecule has 2 aromatic heterocycles. The summed E-state index contributed by atoms with van der Waals surface area (Å²) >= 11 is 1.41. The van der Waals surface area contributed by atoms with E-state index in [2.05, 4.69) is 4.98 Å². The minimum atomic E-state index is 0.0256. The maximum atomic E-state index is 12.0. The Bertz CT molecular complexity index is 543. The second-order valence-corrected chi connectivity index (χ2v) is 5.05. The molecule has 6 heteroatoms. The highest BCUT2D eigenvalue weighted by atomic mass is 32.2. The zero-order valence-electron chi connectivity index (χ0n) is 10.6. The molecule has 0 aromatic carbocycles. The number of carbonyl (C=O) groups is 1. The molecule has 0 saturated carbocycles. The van der Waals surface area contributed by atoms with Gasteiger partial charge in [-0.25, -0.2) is 0 Å². The summed E-state index contributed by atoms with van der Waals surface area (Å²) in [6, 6.07) is 5.46. The predicted molar refractivity (Wildman–Crippen MR) is 74.6 cm³/mol. The molecule has 0 spiro atoms. The van der Waals surface area contributed by atoms with Gasteiger partial charge in [0.05, 0.1) is 30.4 Å². The highest BCUT2D eigenvalue weighted by Gasteiger charge is 2.11. The molecule has 0 fully saturated rings. The molecule has 0 aliphatic carbocycles. The number of anilines is 1. The summed E-state index contributed by atoms with van der Waals surface area (Å²) in [6.07, 6.45) is 4.84. The van der Waals surface area contributed by atoms with Crippen LogP contribution in [0.4, 0.5) is 5.69 Å². The number of nitrogen functional groups attached to an aromatic ring is 1. The fraction of sp³-hybridized carbons (Fsp3) is 0.231. The summed E-state index contributed by atoms with van der Waals surface area (Å²) in [7, 11) is 1.75. The highest BCUT2D eigenvalue weighted by molar-refractivity contribution is 8.00. The van der Waals surface area contributed by atoms with Crippen LogP contribution in [0.3, 0.4) is 0 Å². The third kappa shape index (κ3) is 3.75. The van der Waals surface area contributed by atoms with Gasteiger partial charge in [0.25, 0.3) is 0 Å². The zero-order valence-corrected chi connectivity index (χ0v) is 11.4. The minimum Gasteiger partial charge on any atom is -0.467 e. The van der Waals surface area contributed by atoms with Crippen LogP contribution in [0.2, 0.25) is 0 Å². The fourth-order valence-electron chi connectivity index (χ4n) is 1.50. The van der Waals surface area contributed by atoms with E-state index >= 15 is 0 Å². The monoisotopic (exact) mass is 277 g/mol. The van der Waals surface area contributed by atoms with Crippen molar-refractivity contribution in [2.45, 2.75) is 11.4 Å². The second-order valence-electron chi connectivity index (χ2n) is 4.03. The Balaban J connectivity index is 1.86. The van der Waals surface area contributed by atoms with Crippen molar-refractivity contribution < 1.29 is 9.21 Å². The second kappa shape index (κ2) is 6.29. The Morgan fingerprint density at radius 1 is 1.53 bits per heavy atom. The molecular weight excluding hydrogens is 262 g/mol. The number of furan rings is 1. The number of thioether (sulfide) groups is 1. The van der Waals surface area contributed by atoms with Gasteiger partial charge in [-0.05, 0) is 18.2 Å². The van der Waals surface area contributed by atoms with Crippen LogP contribution < -0.4 is 5.73 Å². The first-order valence-electron chi connectivity index (χ1n) is 5.75. The number of carbonyl (C=O) groups excluding carboxylic acids is 1. The average molecular weight is 277 g/mol. The Labute approximate surface area is 115 Å². The average Bonchev–Trinajstić information content (AvgIpc) is 2.90. The first kappa shape index (κ1) is 13.5. The molecule has 2 aromatic rings. The Kier molecular flexibility index (Phi) is 4.46. The standard InChI is InChI=1S/C13H15N3O2S/c1-16(8-10-3-2-6-18-10)13(17)9-19-12-4-5-15-7-11(12)14/h2-7H,8-9,14H2,1H3. The number of amides is 1. The predicted octanol–water partition coefficient (Wildman–Crippen LogP) is 2.01. The van der Waals surface area contributed by atoms with E-state index in [-0.39, 0.29) is 5.91 Å². The summed E-state index contributed by atoms with van der Waals surface area (Å²) in [5.74, 6) is 1.13. The van der Waals surface area contributed by atoms with E-state index in [9.17, 15) is 4.79 Å². The molecule has 0 aliphatic rings. The molecular formula is C13H15N3O2S. The number of hydrogen-bond donors (Lipinski definition) is 1. The number of aromatic nitrogens is 1. The van der Waals surface area contributed by atoms with Crippen molar-refractivity contribution in [3.63, 3.8) is 0 Å². The van der Waals surface area contributed by atoms with E-state index in [4.69, 9.17) is 10.2 Å². The van der Waals surface area contributed by atoms with Crippen LogP contribution in [0.25, 0.3) is 0 Å². The number of hydrogen-bond acceptors (Lipinski definition) is 5. The summed E-state index contributed by atoms with van der Waals surface area (Å²) in [5, 5.41) is 0. The maximum Gasteiger partial charge on any atom is 0.233 e. The minimum absolute atomic E-state index is 0.0256. The SMILES string of the molecule is CN(Cc1ccco1)C(=O)CSc1ccncc1N. The van der Waals surface area contributed by atoms with Crippen molar-refractivity contribution in [1.29, 1.82) is 0 Å². The van der Waals surface area contributed by atoms with Gasteiger partial charge in [-0.1, -0.05) is 0 Å². The number of nitrogens with zero attached hydrogens (tertiary/aromatic N) is 2. The van der Waals surface area contributed by atoms with E-state index in [1.165, 1.54) is 11.8 Å². The summed E-state index contributed by atoms with van der Waals surface area (Å²) in [4.78, 5) is 18.4. The molecule has 0 saturated heterocycles. The first-order chi connectivity index (χ1) is 9.16. The largest absolute Gasteiger partial charge is 0.467 e. The molecule has 0 bridgehead atoms. The molecule has 0 aliphatic heterocycles. The number of rotatable bonds is 5. The highest BCUT2D eigenvalue weighted by Crippen LogP contribution is 2.23. The molecule has 2 N–H and O–H groups in total. The molecule has 2 rings (SSSR count). The quantitative estimate of drug-likeness (QED) is 0.846. The van der Waals surface area contributed by atoms with Crippen molar-refractivity contribution in [3.8, 4) is 0 Å². The van der Waals surface area contributed by atoms with E-state index in [1.54, 1.807) is 42.7 Å². The first-order valence-corrected chi connectivity index (χ1v) is 6.74. The van der Waals surface area contributed by atoms with Gasteiger partial charge in [0.1, 0.15) is 5.76 Å². The van der Waals surface area contributed by atoms with Crippen LogP contribution in [0.1, 0.15) is 5.76 Å².